The molecule has 0 bridgehead atoms. The molecule has 0 aromatic heterocycles. The zero-order valence-corrected chi connectivity index (χ0v) is 9.57. The van der Waals surface area contributed by atoms with Crippen molar-refractivity contribution < 1.29 is 5.11 Å². The van der Waals surface area contributed by atoms with E-state index in [9.17, 15) is 0 Å². The van der Waals surface area contributed by atoms with Gasteiger partial charge in [-0.25, -0.2) is 0 Å². The lowest BCUT2D eigenvalue weighted by Gasteiger charge is -2.22. The molecule has 0 aromatic carbocycles. The Bertz CT molecular complexity index is 150. The highest BCUT2D eigenvalue weighted by atomic mass is 32.2. The largest absolute Gasteiger partial charge is 0.396 e. The molecule has 1 heterocycles. The maximum absolute atomic E-state index is 8.74. The number of hydrogen-bond acceptors (Lipinski definition) is 3. The summed E-state index contributed by atoms with van der Waals surface area (Å²) in [5.41, 5.74) is 0. The van der Waals surface area contributed by atoms with Gasteiger partial charge in [0.1, 0.15) is 0 Å². The number of nitrogens with zero attached hydrogens (tertiary/aromatic N) is 1. The van der Waals surface area contributed by atoms with Gasteiger partial charge in [0, 0.05) is 30.2 Å². The van der Waals surface area contributed by atoms with E-state index in [-0.39, 0.29) is 0 Å². The summed E-state index contributed by atoms with van der Waals surface area (Å²) >= 11 is 2.07. The van der Waals surface area contributed by atoms with Gasteiger partial charge in [0.15, 0.2) is 0 Å². The highest BCUT2D eigenvalue weighted by Crippen LogP contribution is 2.30. The van der Waals surface area contributed by atoms with Gasteiger partial charge in [-0.05, 0) is 19.4 Å². The molecule has 0 saturated carbocycles. The first kappa shape index (κ1) is 11.3. The Labute approximate surface area is 85.7 Å². The number of aliphatic hydroxyl groups is 1. The van der Waals surface area contributed by atoms with Crippen LogP contribution in [0.2, 0.25) is 0 Å². The molecule has 1 aliphatic rings. The molecule has 1 rings (SSSR count). The van der Waals surface area contributed by atoms with Gasteiger partial charge in [-0.3, -0.25) is 0 Å². The van der Waals surface area contributed by atoms with Crippen molar-refractivity contribution in [3.05, 3.63) is 0 Å². The summed E-state index contributed by atoms with van der Waals surface area (Å²) in [5.74, 6) is 1.23. The van der Waals surface area contributed by atoms with Crippen LogP contribution in [0.25, 0.3) is 0 Å². The third-order valence-corrected chi connectivity index (χ3v) is 3.94. The molecule has 0 spiro atoms. The topological polar surface area (TPSA) is 23.5 Å². The van der Waals surface area contributed by atoms with E-state index in [4.69, 9.17) is 5.11 Å². The molecule has 0 unspecified atom stereocenters. The zero-order valence-electron chi connectivity index (χ0n) is 8.75. The average molecular weight is 203 g/mol. The number of thioether (sulfide) groups is 1. The minimum absolute atomic E-state index is 0.326. The molecular weight excluding hydrogens is 182 g/mol. The summed E-state index contributed by atoms with van der Waals surface area (Å²) in [4.78, 5) is 2.47. The van der Waals surface area contributed by atoms with Gasteiger partial charge in [-0.2, -0.15) is 11.8 Å². The number of rotatable bonds is 3. The Morgan fingerprint density at radius 2 is 2.15 bits per heavy atom. The number of hydrogen-bond donors (Lipinski definition) is 1. The first-order valence-corrected chi connectivity index (χ1v) is 6.10. The van der Waals surface area contributed by atoms with Crippen molar-refractivity contribution in [1.82, 2.24) is 4.90 Å². The van der Waals surface area contributed by atoms with Gasteiger partial charge in [-0.1, -0.05) is 13.8 Å². The van der Waals surface area contributed by atoms with Gasteiger partial charge in [0.2, 0.25) is 0 Å². The van der Waals surface area contributed by atoms with Gasteiger partial charge >= 0.3 is 0 Å². The van der Waals surface area contributed by atoms with E-state index < -0.39 is 0 Å². The predicted octanol–water partition coefficient (Wildman–Crippen LogP) is 1.59. The van der Waals surface area contributed by atoms with E-state index in [1.807, 2.05) is 0 Å². The van der Waals surface area contributed by atoms with E-state index >= 15 is 0 Å². The molecule has 3 heteroatoms. The Kier molecular flexibility index (Phi) is 4.56. The average Bonchev–Trinajstić information content (AvgIpc) is 2.23. The monoisotopic (exact) mass is 203 g/mol. The zero-order chi connectivity index (χ0) is 9.73. The van der Waals surface area contributed by atoms with Crippen LogP contribution < -0.4 is 0 Å². The molecule has 0 atom stereocenters. The summed E-state index contributed by atoms with van der Waals surface area (Å²) < 4.78 is 0.452. The van der Waals surface area contributed by atoms with Crippen LogP contribution in [-0.4, -0.2) is 46.7 Å². The van der Waals surface area contributed by atoms with Crippen LogP contribution >= 0.6 is 11.8 Å². The Hall–Kier alpha value is 0.270. The quantitative estimate of drug-likeness (QED) is 0.753. The summed E-state index contributed by atoms with van der Waals surface area (Å²) in [6.45, 7) is 8.43. The van der Waals surface area contributed by atoms with Crippen LogP contribution in [0, 0.1) is 0 Å². The Morgan fingerprint density at radius 3 is 2.85 bits per heavy atom. The van der Waals surface area contributed by atoms with Crippen molar-refractivity contribution in [2.75, 3.05) is 32.0 Å². The predicted molar refractivity (Wildman–Crippen MR) is 59.3 cm³/mol. The van der Waals surface area contributed by atoms with Crippen molar-refractivity contribution >= 4 is 11.8 Å². The standard InChI is InChI=1S/C10H21NOS/c1-10(2)4-6-11(5-3-8-12)7-9-13-10/h12H,3-9H2,1-2H3. The molecule has 1 saturated heterocycles. The summed E-state index contributed by atoms with van der Waals surface area (Å²) in [5, 5.41) is 8.74. The number of aliphatic hydroxyl groups excluding tert-OH is 1. The van der Waals surface area contributed by atoms with Gasteiger partial charge in [0.25, 0.3) is 0 Å². The highest BCUT2D eigenvalue weighted by molar-refractivity contribution is 8.00. The van der Waals surface area contributed by atoms with Crippen LogP contribution in [0.3, 0.4) is 0 Å². The van der Waals surface area contributed by atoms with Crippen LogP contribution in [-0.2, 0) is 0 Å². The third kappa shape index (κ3) is 4.34. The Balaban J connectivity index is 2.28. The van der Waals surface area contributed by atoms with Crippen LogP contribution in [0.5, 0.6) is 0 Å². The second-order valence-electron chi connectivity index (χ2n) is 4.28. The minimum Gasteiger partial charge on any atom is -0.396 e. The normalized spacial score (nSPS) is 24.2. The maximum Gasteiger partial charge on any atom is 0.0443 e. The van der Waals surface area contributed by atoms with Crippen molar-refractivity contribution in [3.8, 4) is 0 Å². The lowest BCUT2D eigenvalue weighted by molar-refractivity contribution is 0.229. The van der Waals surface area contributed by atoms with Crippen molar-refractivity contribution in [2.45, 2.75) is 31.4 Å². The van der Waals surface area contributed by atoms with E-state index in [1.165, 1.54) is 25.3 Å². The Morgan fingerprint density at radius 1 is 1.38 bits per heavy atom. The smallest absolute Gasteiger partial charge is 0.0443 e. The maximum atomic E-state index is 8.74. The highest BCUT2D eigenvalue weighted by Gasteiger charge is 2.22. The molecule has 1 fully saturated rings. The first-order valence-electron chi connectivity index (χ1n) is 5.11. The lowest BCUT2D eigenvalue weighted by Crippen LogP contribution is -2.28. The molecule has 1 aliphatic heterocycles. The third-order valence-electron chi connectivity index (χ3n) is 2.56. The lowest BCUT2D eigenvalue weighted by atomic mass is 10.1. The van der Waals surface area contributed by atoms with E-state index in [0.29, 0.717) is 11.4 Å². The SMILES string of the molecule is CC1(C)CCN(CCCO)CCS1. The van der Waals surface area contributed by atoms with Crippen LogP contribution in [0.4, 0.5) is 0 Å². The van der Waals surface area contributed by atoms with Crippen LogP contribution in [0.15, 0.2) is 0 Å². The molecule has 0 radical (unpaired) electrons. The molecular formula is C10H21NOS. The van der Waals surface area contributed by atoms with Gasteiger partial charge in [-0.15, -0.1) is 0 Å². The molecule has 0 aliphatic carbocycles. The van der Waals surface area contributed by atoms with E-state index in [2.05, 4.69) is 30.5 Å². The molecule has 0 amide bonds. The summed E-state index contributed by atoms with van der Waals surface area (Å²) in [6, 6.07) is 0. The van der Waals surface area contributed by atoms with Crippen molar-refractivity contribution in [2.24, 2.45) is 0 Å². The second-order valence-corrected chi connectivity index (χ2v) is 6.08. The fraction of sp³-hybridized carbons (Fsp3) is 1.00. The fourth-order valence-corrected chi connectivity index (χ4v) is 2.72. The summed E-state index contributed by atoms with van der Waals surface area (Å²) in [7, 11) is 0. The van der Waals surface area contributed by atoms with E-state index in [0.717, 1.165) is 13.0 Å². The molecule has 0 aromatic rings. The van der Waals surface area contributed by atoms with Crippen molar-refractivity contribution in [1.29, 1.82) is 0 Å². The minimum atomic E-state index is 0.326. The van der Waals surface area contributed by atoms with Crippen LogP contribution in [0.1, 0.15) is 26.7 Å². The molecule has 13 heavy (non-hydrogen) atoms. The van der Waals surface area contributed by atoms with E-state index in [1.54, 1.807) is 0 Å². The second kappa shape index (κ2) is 5.23. The fourth-order valence-electron chi connectivity index (χ4n) is 1.58. The molecule has 78 valence electrons. The van der Waals surface area contributed by atoms with Gasteiger partial charge in [0.05, 0.1) is 0 Å². The summed E-state index contributed by atoms with van der Waals surface area (Å²) in [6.07, 6.45) is 2.19. The molecule has 2 nitrogen and oxygen atoms in total. The first-order chi connectivity index (χ1) is 6.14. The molecule has 1 N–H and O–H groups in total. The van der Waals surface area contributed by atoms with Gasteiger partial charge < -0.3 is 10.0 Å². The van der Waals surface area contributed by atoms with Crippen molar-refractivity contribution in [3.63, 3.8) is 0 Å².